The molecule has 0 bridgehead atoms. The van der Waals surface area contributed by atoms with Crippen molar-refractivity contribution in [2.45, 2.75) is 44.1 Å². The summed E-state index contributed by atoms with van der Waals surface area (Å²) in [4.78, 5) is 13.8. The number of nitrogens with zero attached hydrogens (tertiary/aromatic N) is 2. The fraction of sp³-hybridized carbons (Fsp3) is 0.474. The van der Waals surface area contributed by atoms with E-state index < -0.39 is 5.54 Å². The van der Waals surface area contributed by atoms with E-state index in [0.29, 0.717) is 0 Å². The molecule has 0 radical (unpaired) electrons. The Hall–Kier alpha value is -2.14. The number of rotatable bonds is 8. The number of aromatic nitrogens is 2. The second kappa shape index (κ2) is 7.18. The Labute approximate surface area is 143 Å². The fourth-order valence-electron chi connectivity index (χ4n) is 2.92. The van der Waals surface area contributed by atoms with Crippen LogP contribution in [0.2, 0.25) is 0 Å². The lowest BCUT2D eigenvalue weighted by Gasteiger charge is -2.20. The molecule has 24 heavy (non-hydrogen) atoms. The summed E-state index contributed by atoms with van der Waals surface area (Å²) in [6.07, 6.45) is 5.84. The molecule has 3 rings (SSSR count). The zero-order valence-electron chi connectivity index (χ0n) is 14.3. The molecule has 1 aromatic heterocycles. The van der Waals surface area contributed by atoms with Crippen molar-refractivity contribution in [2.75, 3.05) is 13.6 Å². The third-order valence-electron chi connectivity index (χ3n) is 4.70. The first-order valence-electron chi connectivity index (χ1n) is 8.73. The number of nitrogens with one attached hydrogen (secondary N) is 1. The number of aryl methyl sites for hydroxylation is 1. The molecule has 5 nitrogen and oxygen atoms in total. The van der Waals surface area contributed by atoms with Crippen LogP contribution >= 0.6 is 0 Å². The highest BCUT2D eigenvalue weighted by Crippen LogP contribution is 2.33. The highest BCUT2D eigenvalue weighted by molar-refractivity contribution is 5.88. The number of benzene rings is 1. The topological polar surface area (TPSA) is 75.0 Å². The fourth-order valence-corrected chi connectivity index (χ4v) is 2.92. The van der Waals surface area contributed by atoms with Gasteiger partial charge < -0.3 is 10.6 Å². The molecule has 1 saturated carbocycles. The summed E-state index contributed by atoms with van der Waals surface area (Å²) in [5, 5.41) is 7.50. The number of carbonyl (C=O) groups is 1. The molecule has 1 aliphatic carbocycles. The normalized spacial score (nSPS) is 15.2. The minimum Gasteiger partial charge on any atom is -0.344 e. The van der Waals surface area contributed by atoms with Crippen molar-refractivity contribution in [3.63, 3.8) is 0 Å². The van der Waals surface area contributed by atoms with Crippen LogP contribution in [0, 0.1) is 0 Å². The van der Waals surface area contributed by atoms with E-state index in [1.165, 1.54) is 0 Å². The second-order valence-electron chi connectivity index (χ2n) is 6.84. The molecule has 0 spiro atoms. The second-order valence-corrected chi connectivity index (χ2v) is 6.84. The number of carbonyl (C=O) groups excluding carboxylic acids is 1. The van der Waals surface area contributed by atoms with Crippen LogP contribution in [0.15, 0.2) is 36.4 Å². The van der Waals surface area contributed by atoms with E-state index in [0.717, 1.165) is 62.0 Å². The molecular weight excluding hydrogens is 300 g/mol. The minimum atomic E-state index is -0.543. The van der Waals surface area contributed by atoms with Crippen molar-refractivity contribution < 1.29 is 4.79 Å². The lowest BCUT2D eigenvalue weighted by atomic mass is 10.1. The van der Waals surface area contributed by atoms with E-state index in [1.54, 1.807) is 4.90 Å². The van der Waals surface area contributed by atoms with Gasteiger partial charge in [0.2, 0.25) is 5.91 Å². The number of unbranched alkanes of at least 4 members (excludes halogenated alkanes) is 2. The molecule has 3 N–H and O–H groups in total. The summed E-state index contributed by atoms with van der Waals surface area (Å²) in [6.45, 7) is 0.788. The maximum atomic E-state index is 12.0. The average molecular weight is 326 g/mol. The van der Waals surface area contributed by atoms with E-state index in [-0.39, 0.29) is 5.91 Å². The van der Waals surface area contributed by atoms with Crippen molar-refractivity contribution in [3.05, 3.63) is 42.1 Å². The Balaban J connectivity index is 1.37. The van der Waals surface area contributed by atoms with E-state index >= 15 is 0 Å². The molecule has 128 valence electrons. The van der Waals surface area contributed by atoms with E-state index in [4.69, 9.17) is 5.73 Å². The van der Waals surface area contributed by atoms with Crippen molar-refractivity contribution >= 4 is 5.91 Å². The van der Waals surface area contributed by atoms with Crippen molar-refractivity contribution in [1.29, 1.82) is 0 Å². The Bertz CT molecular complexity index is 676. The molecule has 1 aliphatic rings. The highest BCUT2D eigenvalue weighted by atomic mass is 16.2. The molecule has 1 fully saturated rings. The molecule has 0 aliphatic heterocycles. The largest absolute Gasteiger partial charge is 0.344 e. The van der Waals surface area contributed by atoms with Crippen molar-refractivity contribution in [1.82, 2.24) is 15.1 Å². The lowest BCUT2D eigenvalue weighted by Crippen LogP contribution is -2.44. The van der Waals surface area contributed by atoms with Gasteiger partial charge in [-0.05, 0) is 38.2 Å². The molecule has 5 heteroatoms. The Morgan fingerprint density at radius 3 is 2.71 bits per heavy atom. The van der Waals surface area contributed by atoms with E-state index in [2.05, 4.69) is 28.4 Å². The maximum absolute atomic E-state index is 12.0. The number of hydrogen-bond donors (Lipinski definition) is 2. The zero-order valence-corrected chi connectivity index (χ0v) is 14.3. The molecule has 1 amide bonds. The summed E-state index contributed by atoms with van der Waals surface area (Å²) in [7, 11) is 1.86. The summed E-state index contributed by atoms with van der Waals surface area (Å²) < 4.78 is 0. The van der Waals surface area contributed by atoms with Gasteiger partial charge in [-0.1, -0.05) is 36.8 Å². The Morgan fingerprint density at radius 2 is 2.00 bits per heavy atom. The summed E-state index contributed by atoms with van der Waals surface area (Å²) in [5.74, 6) is 0.101. The van der Waals surface area contributed by atoms with Crippen molar-refractivity contribution in [2.24, 2.45) is 5.73 Å². The third-order valence-corrected chi connectivity index (χ3v) is 4.70. The summed E-state index contributed by atoms with van der Waals surface area (Å²) in [6, 6.07) is 12.3. The Kier molecular flexibility index (Phi) is 5.00. The van der Waals surface area contributed by atoms with Gasteiger partial charge >= 0.3 is 0 Å². The van der Waals surface area contributed by atoms with E-state index in [1.807, 2.05) is 25.2 Å². The van der Waals surface area contributed by atoms with E-state index in [9.17, 15) is 4.79 Å². The molecule has 0 saturated heterocycles. The molecule has 2 aromatic rings. The van der Waals surface area contributed by atoms with Crippen LogP contribution in [0.1, 0.15) is 37.8 Å². The van der Waals surface area contributed by atoms with Crippen LogP contribution in [0.5, 0.6) is 0 Å². The third kappa shape index (κ3) is 4.03. The van der Waals surface area contributed by atoms with Crippen LogP contribution in [0.25, 0.3) is 11.3 Å². The summed E-state index contributed by atoms with van der Waals surface area (Å²) >= 11 is 0. The van der Waals surface area contributed by atoms with Crippen LogP contribution in [-0.2, 0) is 11.2 Å². The zero-order chi connectivity index (χ0) is 17.0. The van der Waals surface area contributed by atoms with Gasteiger partial charge in [0.15, 0.2) is 0 Å². The van der Waals surface area contributed by atoms with Crippen LogP contribution in [0.3, 0.4) is 0 Å². The Morgan fingerprint density at radius 1 is 1.25 bits per heavy atom. The molecular formula is C19H26N4O. The minimum absolute atomic E-state index is 0.101. The quantitative estimate of drug-likeness (QED) is 0.732. The van der Waals surface area contributed by atoms with Gasteiger partial charge in [0.1, 0.15) is 0 Å². The molecule has 1 heterocycles. The number of amides is 1. The molecule has 0 atom stereocenters. The highest BCUT2D eigenvalue weighted by Gasteiger charge is 2.47. The monoisotopic (exact) mass is 326 g/mol. The number of H-pyrrole nitrogens is 1. The number of nitrogens with two attached hydrogens (primary N) is 1. The van der Waals surface area contributed by atoms with Crippen LogP contribution < -0.4 is 5.73 Å². The SMILES string of the molecule is CN(CCCCCc1cc(-c2ccccc2)n[nH]1)C(=O)C1(N)CC1. The number of likely N-dealkylation sites (N-methyl/N-ethyl adjacent to an activating group) is 1. The van der Waals surface area contributed by atoms with Gasteiger partial charge in [-0.3, -0.25) is 9.89 Å². The standard InChI is InChI=1S/C19H26N4O/c1-23(18(24)19(20)11-12-19)13-7-3-6-10-16-14-17(22-21-16)15-8-4-2-5-9-15/h2,4-5,8-9,14H,3,6-7,10-13,20H2,1H3,(H,21,22). The average Bonchev–Trinajstić information content (AvgIpc) is 3.18. The van der Waals surface area contributed by atoms with Gasteiger partial charge in [-0.2, -0.15) is 5.10 Å². The molecule has 1 aromatic carbocycles. The van der Waals surface area contributed by atoms with Gasteiger partial charge in [0.25, 0.3) is 0 Å². The first kappa shape index (κ1) is 16.7. The smallest absolute Gasteiger partial charge is 0.242 e. The summed E-state index contributed by atoms with van der Waals surface area (Å²) in [5.41, 5.74) is 8.70. The first-order valence-corrected chi connectivity index (χ1v) is 8.73. The predicted molar refractivity (Wildman–Crippen MR) is 95.4 cm³/mol. The lowest BCUT2D eigenvalue weighted by molar-refractivity contribution is -0.132. The number of aromatic amines is 1. The van der Waals surface area contributed by atoms with Gasteiger partial charge in [-0.25, -0.2) is 0 Å². The maximum Gasteiger partial charge on any atom is 0.242 e. The molecule has 0 unspecified atom stereocenters. The van der Waals surface area contributed by atoms with Crippen LogP contribution in [0.4, 0.5) is 0 Å². The van der Waals surface area contributed by atoms with Gasteiger partial charge in [0, 0.05) is 24.8 Å². The van der Waals surface area contributed by atoms with Gasteiger partial charge in [-0.15, -0.1) is 0 Å². The predicted octanol–water partition coefficient (Wildman–Crippen LogP) is 2.74. The van der Waals surface area contributed by atoms with Crippen molar-refractivity contribution in [3.8, 4) is 11.3 Å². The van der Waals surface area contributed by atoms with Crippen LogP contribution in [-0.4, -0.2) is 40.1 Å². The number of hydrogen-bond acceptors (Lipinski definition) is 3. The first-order chi connectivity index (χ1) is 11.6. The van der Waals surface area contributed by atoms with Gasteiger partial charge in [0.05, 0.1) is 11.2 Å².